The number of hydrogen-bond donors (Lipinski definition) is 2. The quantitative estimate of drug-likeness (QED) is 0.733. The predicted octanol–water partition coefficient (Wildman–Crippen LogP) is 0.310. The second-order valence-electron chi connectivity index (χ2n) is 5.65. The zero-order valence-corrected chi connectivity index (χ0v) is 12.7. The van der Waals surface area contributed by atoms with Crippen LogP contribution in [0, 0.1) is 0 Å². The SMILES string of the molecule is CN(C)C(=O)CC[C@H](NC(=O)OC(C)(C)C)C(=O)CO. The molecular formula is C13H24N2O5. The van der Waals surface area contributed by atoms with E-state index in [0.29, 0.717) is 0 Å². The molecule has 0 bridgehead atoms. The maximum atomic E-state index is 11.6. The number of aliphatic hydroxyl groups excluding tert-OH is 1. The van der Waals surface area contributed by atoms with Crippen LogP contribution >= 0.6 is 0 Å². The minimum atomic E-state index is -0.932. The van der Waals surface area contributed by atoms with Crippen LogP contribution in [0.5, 0.6) is 0 Å². The van der Waals surface area contributed by atoms with Gasteiger partial charge in [-0.25, -0.2) is 4.79 Å². The van der Waals surface area contributed by atoms with Gasteiger partial charge in [-0.05, 0) is 27.2 Å². The van der Waals surface area contributed by atoms with Gasteiger partial charge in [-0.1, -0.05) is 0 Å². The molecule has 7 nitrogen and oxygen atoms in total. The Morgan fingerprint density at radius 3 is 2.20 bits per heavy atom. The number of nitrogens with one attached hydrogen (secondary N) is 1. The molecule has 0 aliphatic rings. The molecule has 0 aromatic carbocycles. The lowest BCUT2D eigenvalue weighted by atomic mass is 10.1. The third-order valence-corrected chi connectivity index (χ3v) is 2.38. The summed E-state index contributed by atoms with van der Waals surface area (Å²) in [6.07, 6.45) is -0.531. The number of carbonyl (C=O) groups excluding carboxylic acids is 3. The molecule has 2 N–H and O–H groups in total. The van der Waals surface area contributed by atoms with E-state index in [1.54, 1.807) is 34.9 Å². The van der Waals surface area contributed by atoms with Crippen LogP contribution in [0.3, 0.4) is 0 Å². The fourth-order valence-electron chi connectivity index (χ4n) is 1.37. The number of ketones is 1. The third kappa shape index (κ3) is 7.73. The van der Waals surface area contributed by atoms with Crippen LogP contribution in [-0.2, 0) is 14.3 Å². The van der Waals surface area contributed by atoms with Crippen molar-refractivity contribution < 1.29 is 24.2 Å². The van der Waals surface area contributed by atoms with Crippen LogP contribution < -0.4 is 5.32 Å². The van der Waals surface area contributed by atoms with Crippen LogP contribution in [-0.4, -0.2) is 60.1 Å². The van der Waals surface area contributed by atoms with Crippen molar-refractivity contribution in [2.75, 3.05) is 20.7 Å². The fourth-order valence-corrected chi connectivity index (χ4v) is 1.37. The molecule has 0 heterocycles. The molecule has 0 saturated heterocycles. The Labute approximate surface area is 119 Å². The van der Waals surface area contributed by atoms with Gasteiger partial charge in [0, 0.05) is 20.5 Å². The second-order valence-corrected chi connectivity index (χ2v) is 5.65. The van der Waals surface area contributed by atoms with Gasteiger partial charge in [0.05, 0.1) is 6.04 Å². The number of ether oxygens (including phenoxy) is 1. The largest absolute Gasteiger partial charge is 0.444 e. The third-order valence-electron chi connectivity index (χ3n) is 2.38. The molecule has 116 valence electrons. The van der Waals surface area contributed by atoms with Crippen LogP contribution in [0.2, 0.25) is 0 Å². The second kappa shape index (κ2) is 7.84. The maximum Gasteiger partial charge on any atom is 0.408 e. The molecule has 0 aromatic rings. The van der Waals surface area contributed by atoms with Gasteiger partial charge in [0.2, 0.25) is 5.91 Å². The number of aliphatic hydroxyl groups is 1. The topological polar surface area (TPSA) is 95.9 Å². The Morgan fingerprint density at radius 1 is 1.25 bits per heavy atom. The van der Waals surface area contributed by atoms with Crippen molar-refractivity contribution in [1.29, 1.82) is 0 Å². The van der Waals surface area contributed by atoms with Gasteiger partial charge in [-0.3, -0.25) is 9.59 Å². The Balaban J connectivity index is 4.54. The zero-order valence-electron chi connectivity index (χ0n) is 12.7. The highest BCUT2D eigenvalue weighted by molar-refractivity contribution is 5.88. The van der Waals surface area contributed by atoms with Crippen molar-refractivity contribution in [1.82, 2.24) is 10.2 Å². The van der Waals surface area contributed by atoms with E-state index in [1.807, 2.05) is 0 Å². The first-order valence-electron chi connectivity index (χ1n) is 6.40. The highest BCUT2D eigenvalue weighted by atomic mass is 16.6. The lowest BCUT2D eigenvalue weighted by Gasteiger charge is -2.23. The lowest BCUT2D eigenvalue weighted by molar-refractivity contribution is -0.129. The molecule has 0 radical (unpaired) electrons. The van der Waals surface area contributed by atoms with Crippen molar-refractivity contribution in [2.45, 2.75) is 45.3 Å². The molecule has 2 amide bonds. The molecule has 1 atom stereocenters. The van der Waals surface area contributed by atoms with Crippen molar-refractivity contribution in [3.63, 3.8) is 0 Å². The minimum absolute atomic E-state index is 0.0964. The molecule has 0 saturated carbocycles. The molecule has 0 aliphatic heterocycles. The van der Waals surface area contributed by atoms with Gasteiger partial charge in [0.15, 0.2) is 5.78 Å². The number of Topliss-reactive ketones (excluding diaryl/α,β-unsaturated/α-hetero) is 1. The van der Waals surface area contributed by atoms with E-state index in [9.17, 15) is 14.4 Å². The number of amides is 2. The summed E-state index contributed by atoms with van der Waals surface area (Å²) in [5, 5.41) is 11.3. The van der Waals surface area contributed by atoms with Gasteiger partial charge in [0.25, 0.3) is 0 Å². The minimum Gasteiger partial charge on any atom is -0.444 e. The van der Waals surface area contributed by atoms with Crippen LogP contribution in [0.1, 0.15) is 33.6 Å². The molecule has 0 unspecified atom stereocenters. The number of hydrogen-bond acceptors (Lipinski definition) is 5. The first kappa shape index (κ1) is 18.4. The van der Waals surface area contributed by atoms with Gasteiger partial charge < -0.3 is 20.1 Å². The van der Waals surface area contributed by atoms with Gasteiger partial charge in [-0.15, -0.1) is 0 Å². The van der Waals surface area contributed by atoms with E-state index in [4.69, 9.17) is 9.84 Å². The average molecular weight is 288 g/mol. The molecule has 0 rings (SSSR count). The zero-order chi connectivity index (χ0) is 15.9. The molecule has 7 heteroatoms. The number of carbonyl (C=O) groups is 3. The Kier molecular flexibility index (Phi) is 7.20. The monoisotopic (exact) mass is 288 g/mol. The molecule has 0 fully saturated rings. The predicted molar refractivity (Wildman–Crippen MR) is 73.2 cm³/mol. The summed E-state index contributed by atoms with van der Waals surface area (Å²) >= 11 is 0. The van der Waals surface area contributed by atoms with Crippen molar-refractivity contribution >= 4 is 17.8 Å². The van der Waals surface area contributed by atoms with Crippen LogP contribution in [0.25, 0.3) is 0 Å². The summed E-state index contributed by atoms with van der Waals surface area (Å²) < 4.78 is 5.04. The van der Waals surface area contributed by atoms with Gasteiger partial charge in [0.1, 0.15) is 12.2 Å². The van der Waals surface area contributed by atoms with Gasteiger partial charge >= 0.3 is 6.09 Å². The summed E-state index contributed by atoms with van der Waals surface area (Å²) in [7, 11) is 3.21. The van der Waals surface area contributed by atoms with E-state index in [1.165, 1.54) is 4.90 Å². The average Bonchev–Trinajstić information content (AvgIpc) is 2.30. The molecular weight excluding hydrogens is 264 g/mol. The van der Waals surface area contributed by atoms with Crippen molar-refractivity contribution in [3.8, 4) is 0 Å². The van der Waals surface area contributed by atoms with E-state index in [0.717, 1.165) is 0 Å². The van der Waals surface area contributed by atoms with Crippen LogP contribution in [0.4, 0.5) is 4.79 Å². The van der Waals surface area contributed by atoms with Gasteiger partial charge in [-0.2, -0.15) is 0 Å². The van der Waals surface area contributed by atoms with Crippen LogP contribution in [0.15, 0.2) is 0 Å². The van der Waals surface area contributed by atoms with E-state index >= 15 is 0 Å². The standard InChI is InChI=1S/C13H24N2O5/c1-13(2,3)20-12(19)14-9(10(17)8-16)6-7-11(18)15(4)5/h9,16H,6-8H2,1-5H3,(H,14,19)/t9-/m0/s1. The number of alkyl carbamates (subject to hydrolysis) is 1. The van der Waals surface area contributed by atoms with E-state index in [2.05, 4.69) is 5.32 Å². The lowest BCUT2D eigenvalue weighted by Crippen LogP contribution is -2.45. The smallest absolute Gasteiger partial charge is 0.408 e. The number of nitrogens with zero attached hydrogens (tertiary/aromatic N) is 1. The van der Waals surface area contributed by atoms with E-state index in [-0.39, 0.29) is 18.7 Å². The van der Waals surface area contributed by atoms with E-state index < -0.39 is 30.1 Å². The Hall–Kier alpha value is -1.63. The first-order valence-corrected chi connectivity index (χ1v) is 6.40. The molecule has 0 aromatic heterocycles. The first-order chi connectivity index (χ1) is 9.06. The highest BCUT2D eigenvalue weighted by Gasteiger charge is 2.24. The van der Waals surface area contributed by atoms with Crippen molar-refractivity contribution in [2.24, 2.45) is 0 Å². The maximum absolute atomic E-state index is 11.6. The fraction of sp³-hybridized carbons (Fsp3) is 0.769. The molecule has 0 aliphatic carbocycles. The summed E-state index contributed by atoms with van der Waals surface area (Å²) in [5.41, 5.74) is -0.684. The Bertz CT molecular complexity index is 360. The molecule has 20 heavy (non-hydrogen) atoms. The number of rotatable bonds is 6. The normalized spacial score (nSPS) is 12.5. The van der Waals surface area contributed by atoms with Crippen molar-refractivity contribution in [3.05, 3.63) is 0 Å². The Morgan fingerprint density at radius 2 is 1.80 bits per heavy atom. The summed E-state index contributed by atoms with van der Waals surface area (Å²) in [5.74, 6) is -0.714. The molecule has 0 spiro atoms. The summed E-state index contributed by atoms with van der Waals surface area (Å²) in [4.78, 5) is 36.0. The summed E-state index contributed by atoms with van der Waals surface area (Å²) in [6.45, 7) is 4.40. The highest BCUT2D eigenvalue weighted by Crippen LogP contribution is 2.08. The summed E-state index contributed by atoms with van der Waals surface area (Å²) in [6, 6.07) is -0.932.